The van der Waals surface area contributed by atoms with Crippen LogP contribution in [0.15, 0.2) is 0 Å². The van der Waals surface area contributed by atoms with Gasteiger partial charge in [0.15, 0.2) is 0 Å². The van der Waals surface area contributed by atoms with Gasteiger partial charge in [-0.1, -0.05) is 13.3 Å². The van der Waals surface area contributed by atoms with Crippen molar-refractivity contribution in [2.75, 3.05) is 13.1 Å². The zero-order valence-corrected chi connectivity index (χ0v) is 10.9. The molecule has 1 fully saturated rings. The minimum atomic E-state index is -4.37. The Balaban J connectivity index is 2.71. The molecule has 1 unspecified atom stereocenters. The third-order valence-electron chi connectivity index (χ3n) is 3.33. The van der Waals surface area contributed by atoms with E-state index in [9.17, 15) is 18.0 Å². The number of carbonyl (C=O) groups excluding carboxylic acids is 1. The predicted octanol–water partition coefficient (Wildman–Crippen LogP) is 2.30. The summed E-state index contributed by atoms with van der Waals surface area (Å²) in [5, 5.41) is 0. The first-order valence-electron chi connectivity index (χ1n) is 6.33. The van der Waals surface area contributed by atoms with E-state index in [1.54, 1.807) is 6.92 Å². The molecule has 1 atom stereocenters. The van der Waals surface area contributed by atoms with Crippen LogP contribution in [-0.4, -0.2) is 35.6 Å². The highest BCUT2D eigenvalue weighted by atomic mass is 19.4. The van der Waals surface area contributed by atoms with Gasteiger partial charge >= 0.3 is 6.18 Å². The van der Waals surface area contributed by atoms with Crippen molar-refractivity contribution < 1.29 is 18.0 Å². The van der Waals surface area contributed by atoms with Crippen LogP contribution in [0.4, 0.5) is 13.2 Å². The largest absolute Gasteiger partial charge is 0.406 e. The number of unbranched alkanes of at least 4 members (excludes halogenated alkanes) is 1. The topological polar surface area (TPSA) is 46.3 Å². The van der Waals surface area contributed by atoms with Gasteiger partial charge in [-0.25, -0.2) is 0 Å². The summed E-state index contributed by atoms with van der Waals surface area (Å²) in [4.78, 5) is 13.0. The van der Waals surface area contributed by atoms with E-state index in [0.717, 1.165) is 24.2 Å². The third-order valence-corrected chi connectivity index (χ3v) is 3.33. The van der Waals surface area contributed by atoms with Gasteiger partial charge in [0.2, 0.25) is 5.91 Å². The Labute approximate surface area is 106 Å². The molecule has 1 saturated carbocycles. The van der Waals surface area contributed by atoms with Crippen molar-refractivity contribution in [3.05, 3.63) is 0 Å². The van der Waals surface area contributed by atoms with Crippen molar-refractivity contribution in [2.24, 2.45) is 11.7 Å². The molecule has 0 aromatic heterocycles. The maximum Gasteiger partial charge on any atom is 0.406 e. The van der Waals surface area contributed by atoms with Gasteiger partial charge in [0, 0.05) is 6.54 Å². The number of hydrogen-bond donors (Lipinski definition) is 1. The number of rotatable bonds is 6. The zero-order valence-electron chi connectivity index (χ0n) is 10.9. The number of nitrogens with zero attached hydrogens (tertiary/aromatic N) is 1. The van der Waals surface area contributed by atoms with Crippen LogP contribution in [0.25, 0.3) is 0 Å². The van der Waals surface area contributed by atoms with Crippen LogP contribution >= 0.6 is 0 Å². The zero-order chi connectivity index (χ0) is 14.0. The number of alkyl halides is 3. The van der Waals surface area contributed by atoms with Crippen molar-refractivity contribution >= 4 is 5.91 Å². The van der Waals surface area contributed by atoms with Crippen molar-refractivity contribution in [1.82, 2.24) is 4.90 Å². The Morgan fingerprint density at radius 3 is 2.33 bits per heavy atom. The monoisotopic (exact) mass is 266 g/mol. The summed E-state index contributed by atoms with van der Waals surface area (Å²) >= 11 is 0. The minimum absolute atomic E-state index is 0.0300. The smallest absolute Gasteiger partial charge is 0.332 e. The van der Waals surface area contributed by atoms with Gasteiger partial charge in [0.25, 0.3) is 0 Å². The molecule has 0 heterocycles. The fourth-order valence-electron chi connectivity index (χ4n) is 2.02. The average molecular weight is 266 g/mol. The first-order chi connectivity index (χ1) is 8.18. The summed E-state index contributed by atoms with van der Waals surface area (Å²) in [7, 11) is 0. The van der Waals surface area contributed by atoms with Gasteiger partial charge in [0.1, 0.15) is 6.54 Å². The molecule has 18 heavy (non-hydrogen) atoms. The Bertz CT molecular complexity index is 298. The molecule has 0 radical (unpaired) electrons. The number of carbonyl (C=O) groups is 1. The minimum Gasteiger partial charge on any atom is -0.332 e. The molecular weight excluding hydrogens is 245 g/mol. The fourth-order valence-corrected chi connectivity index (χ4v) is 2.02. The van der Waals surface area contributed by atoms with E-state index in [1.165, 1.54) is 0 Å². The van der Waals surface area contributed by atoms with Crippen molar-refractivity contribution in [3.63, 3.8) is 0 Å². The molecule has 0 saturated heterocycles. The lowest BCUT2D eigenvalue weighted by atomic mass is 9.95. The molecule has 2 N–H and O–H groups in total. The van der Waals surface area contributed by atoms with E-state index >= 15 is 0 Å². The van der Waals surface area contributed by atoms with Crippen molar-refractivity contribution in [1.29, 1.82) is 0 Å². The highest BCUT2D eigenvalue weighted by Gasteiger charge is 2.47. The normalized spacial score (nSPS) is 19.4. The van der Waals surface area contributed by atoms with E-state index < -0.39 is 24.2 Å². The molecule has 1 aliphatic rings. The third kappa shape index (κ3) is 4.15. The van der Waals surface area contributed by atoms with Gasteiger partial charge in [-0.3, -0.25) is 4.79 Å². The summed E-state index contributed by atoms with van der Waals surface area (Å²) in [6.07, 6.45) is -1.42. The van der Waals surface area contributed by atoms with E-state index in [0.29, 0.717) is 6.42 Å². The Morgan fingerprint density at radius 2 is 1.94 bits per heavy atom. The number of amides is 1. The van der Waals surface area contributed by atoms with Gasteiger partial charge < -0.3 is 10.6 Å². The van der Waals surface area contributed by atoms with E-state index in [-0.39, 0.29) is 12.5 Å². The Kier molecular flexibility index (Phi) is 4.64. The van der Waals surface area contributed by atoms with Crippen LogP contribution in [0, 0.1) is 5.92 Å². The molecule has 106 valence electrons. The van der Waals surface area contributed by atoms with Crippen molar-refractivity contribution in [3.8, 4) is 0 Å². The summed E-state index contributed by atoms with van der Waals surface area (Å²) < 4.78 is 37.4. The first kappa shape index (κ1) is 15.3. The van der Waals surface area contributed by atoms with E-state index in [1.807, 2.05) is 6.92 Å². The molecule has 0 aliphatic heterocycles. The van der Waals surface area contributed by atoms with Crippen LogP contribution in [0.3, 0.4) is 0 Å². The summed E-state index contributed by atoms with van der Waals surface area (Å²) in [5.74, 6) is -0.543. The molecular formula is C12H21F3N2O. The summed E-state index contributed by atoms with van der Waals surface area (Å²) in [6, 6.07) is 0. The lowest BCUT2D eigenvalue weighted by Gasteiger charge is -2.32. The lowest BCUT2D eigenvalue weighted by Crippen LogP contribution is -2.56. The SMILES string of the molecule is CCCCN(CC(F)(F)F)C(=O)C(C)(N)C1CC1. The molecule has 1 amide bonds. The number of halogens is 3. The molecule has 0 bridgehead atoms. The highest BCUT2D eigenvalue weighted by molar-refractivity contribution is 5.86. The van der Waals surface area contributed by atoms with Crippen LogP contribution in [0.1, 0.15) is 39.5 Å². The van der Waals surface area contributed by atoms with Crippen molar-refractivity contribution in [2.45, 2.75) is 51.2 Å². The van der Waals surface area contributed by atoms with Gasteiger partial charge in [0.05, 0.1) is 5.54 Å². The highest BCUT2D eigenvalue weighted by Crippen LogP contribution is 2.39. The van der Waals surface area contributed by atoms with Gasteiger partial charge in [-0.05, 0) is 32.1 Å². The number of nitrogens with two attached hydrogens (primary N) is 1. The van der Waals surface area contributed by atoms with Gasteiger partial charge in [-0.15, -0.1) is 0 Å². The second-order valence-electron chi connectivity index (χ2n) is 5.25. The average Bonchev–Trinajstić information content (AvgIpc) is 3.05. The quantitative estimate of drug-likeness (QED) is 0.802. The van der Waals surface area contributed by atoms with Crippen LogP contribution in [0.2, 0.25) is 0 Å². The predicted molar refractivity (Wildman–Crippen MR) is 62.9 cm³/mol. The van der Waals surface area contributed by atoms with Gasteiger partial charge in [-0.2, -0.15) is 13.2 Å². The van der Waals surface area contributed by atoms with Crippen LogP contribution in [-0.2, 0) is 4.79 Å². The first-order valence-corrected chi connectivity index (χ1v) is 6.33. The molecule has 3 nitrogen and oxygen atoms in total. The maximum atomic E-state index is 12.5. The number of hydrogen-bond acceptors (Lipinski definition) is 2. The van der Waals surface area contributed by atoms with E-state index in [4.69, 9.17) is 5.73 Å². The second-order valence-corrected chi connectivity index (χ2v) is 5.25. The van der Waals surface area contributed by atoms with Crippen LogP contribution < -0.4 is 5.73 Å². The Hall–Kier alpha value is -0.780. The fraction of sp³-hybridized carbons (Fsp3) is 0.917. The lowest BCUT2D eigenvalue weighted by molar-refractivity contribution is -0.164. The molecule has 1 aliphatic carbocycles. The maximum absolute atomic E-state index is 12.5. The van der Waals surface area contributed by atoms with Crippen LogP contribution in [0.5, 0.6) is 0 Å². The Morgan fingerprint density at radius 1 is 1.39 bits per heavy atom. The van der Waals surface area contributed by atoms with E-state index in [2.05, 4.69) is 0 Å². The molecule has 0 spiro atoms. The summed E-state index contributed by atoms with van der Waals surface area (Å²) in [6.45, 7) is 2.33. The molecule has 0 aromatic carbocycles. The standard InChI is InChI=1S/C12H21F3N2O/c1-3-4-7-17(8-12(13,14)15)10(18)11(2,16)9-5-6-9/h9H,3-8,16H2,1-2H3. The second kappa shape index (κ2) is 5.47. The molecule has 6 heteroatoms. The summed E-state index contributed by atoms with van der Waals surface area (Å²) in [5.41, 5.74) is 4.74. The molecule has 0 aromatic rings. The molecule has 1 rings (SSSR count).